The molecule has 16 heavy (non-hydrogen) atoms. The molecule has 0 aliphatic rings. The summed E-state index contributed by atoms with van der Waals surface area (Å²) in [6.07, 6.45) is 1.46. The van der Waals surface area contributed by atoms with Gasteiger partial charge in [0.05, 0.1) is 6.10 Å². The highest BCUT2D eigenvalue weighted by Gasteiger charge is 2.11. The Hall–Kier alpha value is -1.69. The second-order valence-electron chi connectivity index (χ2n) is 4.15. The SMILES string of the molecule is CC(C)C(O)Cc1cc2n[nH]c(=O)n2cn1. The van der Waals surface area contributed by atoms with Crippen LogP contribution in [0, 0.1) is 5.92 Å². The van der Waals surface area contributed by atoms with Gasteiger partial charge in [0.1, 0.15) is 6.33 Å². The standard InChI is InChI=1S/C10H14N4O2/c1-6(2)8(15)3-7-4-9-12-13-10(16)14(9)5-11-7/h4-6,8,15H,3H2,1-2H3,(H,13,16). The minimum Gasteiger partial charge on any atom is -0.392 e. The van der Waals surface area contributed by atoms with E-state index in [9.17, 15) is 9.90 Å². The van der Waals surface area contributed by atoms with Crippen LogP contribution in [0.4, 0.5) is 0 Å². The highest BCUT2D eigenvalue weighted by Crippen LogP contribution is 2.08. The van der Waals surface area contributed by atoms with Gasteiger partial charge in [-0.3, -0.25) is 0 Å². The van der Waals surface area contributed by atoms with Gasteiger partial charge in [-0.05, 0) is 5.92 Å². The number of fused-ring (bicyclic) bond motifs is 1. The second-order valence-corrected chi connectivity index (χ2v) is 4.15. The van der Waals surface area contributed by atoms with Crippen molar-refractivity contribution in [2.75, 3.05) is 0 Å². The van der Waals surface area contributed by atoms with Gasteiger partial charge in [-0.1, -0.05) is 13.8 Å². The maximum atomic E-state index is 11.2. The summed E-state index contributed by atoms with van der Waals surface area (Å²) in [5.74, 6) is 0.180. The van der Waals surface area contributed by atoms with Gasteiger partial charge < -0.3 is 5.11 Å². The Morgan fingerprint density at radius 2 is 2.31 bits per heavy atom. The van der Waals surface area contributed by atoms with E-state index in [1.54, 1.807) is 6.07 Å². The number of aliphatic hydroxyl groups is 1. The molecule has 86 valence electrons. The lowest BCUT2D eigenvalue weighted by atomic mass is 10.0. The monoisotopic (exact) mass is 222 g/mol. The Balaban J connectivity index is 2.29. The third kappa shape index (κ3) is 1.96. The average Bonchev–Trinajstić information content (AvgIpc) is 2.60. The van der Waals surface area contributed by atoms with Crippen LogP contribution in [0.2, 0.25) is 0 Å². The number of rotatable bonds is 3. The van der Waals surface area contributed by atoms with E-state index in [1.165, 1.54) is 10.7 Å². The number of aliphatic hydroxyl groups excluding tert-OH is 1. The van der Waals surface area contributed by atoms with Crippen molar-refractivity contribution in [1.82, 2.24) is 19.6 Å². The highest BCUT2D eigenvalue weighted by molar-refractivity contribution is 5.36. The Bertz CT molecular complexity index is 543. The Morgan fingerprint density at radius 1 is 1.56 bits per heavy atom. The molecule has 0 aliphatic heterocycles. The maximum Gasteiger partial charge on any atom is 0.348 e. The number of nitrogens with one attached hydrogen (secondary N) is 1. The number of H-pyrrole nitrogens is 1. The summed E-state index contributed by atoms with van der Waals surface area (Å²) in [5.41, 5.74) is 0.942. The molecule has 0 aromatic carbocycles. The van der Waals surface area contributed by atoms with E-state index in [0.29, 0.717) is 12.1 Å². The minimum absolute atomic E-state index is 0.180. The van der Waals surface area contributed by atoms with E-state index in [4.69, 9.17) is 0 Å². The third-order valence-electron chi connectivity index (χ3n) is 2.55. The van der Waals surface area contributed by atoms with E-state index in [1.807, 2.05) is 13.8 Å². The van der Waals surface area contributed by atoms with Crippen molar-refractivity contribution in [3.63, 3.8) is 0 Å². The molecular formula is C10H14N4O2. The molecule has 0 saturated carbocycles. The fourth-order valence-corrected chi connectivity index (χ4v) is 1.41. The Labute approximate surface area is 92.0 Å². The largest absolute Gasteiger partial charge is 0.392 e. The minimum atomic E-state index is -0.430. The molecule has 0 spiro atoms. The molecular weight excluding hydrogens is 208 g/mol. The number of nitrogens with zero attached hydrogens (tertiary/aromatic N) is 3. The zero-order valence-corrected chi connectivity index (χ0v) is 9.21. The topological polar surface area (TPSA) is 83.3 Å². The molecule has 2 aromatic heterocycles. The Kier molecular flexibility index (Phi) is 2.74. The van der Waals surface area contributed by atoms with Crippen LogP contribution in [0.25, 0.3) is 5.65 Å². The number of hydrogen-bond donors (Lipinski definition) is 2. The first-order valence-electron chi connectivity index (χ1n) is 5.17. The maximum absolute atomic E-state index is 11.2. The van der Waals surface area contributed by atoms with Crippen LogP contribution in [-0.4, -0.2) is 30.8 Å². The molecule has 6 nitrogen and oxygen atoms in total. The van der Waals surface area contributed by atoms with Crippen LogP contribution in [0.5, 0.6) is 0 Å². The summed E-state index contributed by atoms with van der Waals surface area (Å²) in [6, 6.07) is 1.70. The average molecular weight is 222 g/mol. The molecule has 0 bridgehead atoms. The molecule has 0 fully saturated rings. The first-order valence-corrected chi connectivity index (χ1v) is 5.17. The van der Waals surface area contributed by atoms with Crippen molar-refractivity contribution in [3.05, 3.63) is 28.6 Å². The van der Waals surface area contributed by atoms with Crippen molar-refractivity contribution in [3.8, 4) is 0 Å². The normalized spacial score (nSPS) is 13.5. The van der Waals surface area contributed by atoms with E-state index in [0.717, 1.165) is 5.69 Å². The summed E-state index contributed by atoms with van der Waals surface area (Å²) in [6.45, 7) is 3.89. The molecule has 2 heterocycles. The summed E-state index contributed by atoms with van der Waals surface area (Å²) < 4.78 is 1.32. The number of aromatic amines is 1. The first-order chi connectivity index (χ1) is 7.58. The third-order valence-corrected chi connectivity index (χ3v) is 2.55. The quantitative estimate of drug-likeness (QED) is 0.764. The predicted octanol–water partition coefficient (Wildman–Crippen LogP) is -0.0230. The van der Waals surface area contributed by atoms with E-state index < -0.39 is 6.10 Å². The molecule has 2 N–H and O–H groups in total. The summed E-state index contributed by atoms with van der Waals surface area (Å²) >= 11 is 0. The van der Waals surface area contributed by atoms with Gasteiger partial charge in [0.2, 0.25) is 0 Å². The van der Waals surface area contributed by atoms with E-state index in [2.05, 4.69) is 15.2 Å². The van der Waals surface area contributed by atoms with Crippen LogP contribution >= 0.6 is 0 Å². The lowest BCUT2D eigenvalue weighted by molar-refractivity contribution is 0.124. The first kappa shape index (κ1) is 10.8. The van der Waals surface area contributed by atoms with Gasteiger partial charge in [0.25, 0.3) is 0 Å². The van der Waals surface area contributed by atoms with Gasteiger partial charge in [-0.15, -0.1) is 0 Å². The molecule has 1 unspecified atom stereocenters. The molecule has 0 radical (unpaired) electrons. The van der Waals surface area contributed by atoms with Crippen LogP contribution < -0.4 is 5.69 Å². The summed E-state index contributed by atoms with van der Waals surface area (Å²) in [7, 11) is 0. The molecule has 6 heteroatoms. The van der Waals surface area contributed by atoms with Crippen LogP contribution in [0.1, 0.15) is 19.5 Å². The zero-order chi connectivity index (χ0) is 11.7. The predicted molar refractivity (Wildman–Crippen MR) is 58.2 cm³/mol. The summed E-state index contributed by atoms with van der Waals surface area (Å²) in [5, 5.41) is 15.9. The van der Waals surface area contributed by atoms with Gasteiger partial charge in [-0.25, -0.2) is 19.3 Å². The molecule has 2 aromatic rings. The van der Waals surface area contributed by atoms with Gasteiger partial charge in [0, 0.05) is 18.2 Å². The van der Waals surface area contributed by atoms with Crippen molar-refractivity contribution in [1.29, 1.82) is 0 Å². The van der Waals surface area contributed by atoms with Crippen molar-refractivity contribution >= 4 is 5.65 Å². The van der Waals surface area contributed by atoms with Gasteiger partial charge in [-0.2, -0.15) is 5.10 Å². The van der Waals surface area contributed by atoms with Crippen molar-refractivity contribution in [2.45, 2.75) is 26.4 Å². The van der Waals surface area contributed by atoms with E-state index >= 15 is 0 Å². The van der Waals surface area contributed by atoms with Crippen molar-refractivity contribution in [2.24, 2.45) is 5.92 Å². The fourth-order valence-electron chi connectivity index (χ4n) is 1.41. The molecule has 0 saturated heterocycles. The molecule has 0 amide bonds. The number of hydrogen-bond acceptors (Lipinski definition) is 4. The van der Waals surface area contributed by atoms with Crippen LogP contribution in [-0.2, 0) is 6.42 Å². The van der Waals surface area contributed by atoms with Gasteiger partial charge >= 0.3 is 5.69 Å². The molecule has 1 atom stereocenters. The van der Waals surface area contributed by atoms with Crippen LogP contribution in [0.3, 0.4) is 0 Å². The fraction of sp³-hybridized carbons (Fsp3) is 0.500. The highest BCUT2D eigenvalue weighted by atomic mass is 16.3. The van der Waals surface area contributed by atoms with Crippen molar-refractivity contribution < 1.29 is 5.11 Å². The molecule has 0 aliphatic carbocycles. The van der Waals surface area contributed by atoms with Crippen LogP contribution in [0.15, 0.2) is 17.2 Å². The lowest BCUT2D eigenvalue weighted by Crippen LogP contribution is -2.19. The lowest BCUT2D eigenvalue weighted by Gasteiger charge is -2.13. The second kappa shape index (κ2) is 4.05. The summed E-state index contributed by atoms with van der Waals surface area (Å²) in [4.78, 5) is 15.3. The van der Waals surface area contributed by atoms with E-state index in [-0.39, 0.29) is 11.6 Å². The Morgan fingerprint density at radius 3 is 3.00 bits per heavy atom. The molecule has 2 rings (SSSR count). The smallest absolute Gasteiger partial charge is 0.348 e. The van der Waals surface area contributed by atoms with Gasteiger partial charge in [0.15, 0.2) is 5.65 Å². The number of aromatic nitrogens is 4. The zero-order valence-electron chi connectivity index (χ0n) is 9.21.